The number of carboxylic acids is 1. The predicted molar refractivity (Wildman–Crippen MR) is 38.6 cm³/mol. The Hall–Kier alpha value is -1.05. The molecule has 10 heavy (non-hydrogen) atoms. The maximum atomic E-state index is 10.6. The summed E-state index contributed by atoms with van der Waals surface area (Å²) in [6.07, 6.45) is 7.82. The zero-order valence-electron chi connectivity index (χ0n) is 5.87. The lowest BCUT2D eigenvalue weighted by Crippen LogP contribution is -2.25. The molecule has 0 aromatic heterocycles. The minimum Gasteiger partial charge on any atom is -0.481 e. The van der Waals surface area contributed by atoms with Gasteiger partial charge in [-0.1, -0.05) is 24.3 Å². The van der Waals surface area contributed by atoms with Gasteiger partial charge in [0.25, 0.3) is 0 Å². The van der Waals surface area contributed by atoms with Crippen LogP contribution < -0.4 is 0 Å². The SMILES string of the molecule is CC1(C(=O)O)C=CC=CC1. The van der Waals surface area contributed by atoms with E-state index in [1.54, 1.807) is 19.1 Å². The van der Waals surface area contributed by atoms with Crippen LogP contribution in [0.4, 0.5) is 0 Å². The number of aliphatic carboxylic acids is 1. The Kier molecular flexibility index (Phi) is 1.62. The van der Waals surface area contributed by atoms with E-state index < -0.39 is 11.4 Å². The topological polar surface area (TPSA) is 37.3 Å². The van der Waals surface area contributed by atoms with E-state index in [4.69, 9.17) is 5.11 Å². The zero-order chi connectivity index (χ0) is 7.61. The first-order valence-corrected chi connectivity index (χ1v) is 3.23. The molecule has 1 aliphatic rings. The molecule has 1 atom stereocenters. The quantitative estimate of drug-likeness (QED) is 0.597. The molecule has 2 heteroatoms. The summed E-state index contributed by atoms with van der Waals surface area (Å²) in [7, 11) is 0. The molecule has 0 saturated carbocycles. The number of hydrogen-bond donors (Lipinski definition) is 1. The number of carbonyl (C=O) groups is 1. The fourth-order valence-corrected chi connectivity index (χ4v) is 0.886. The smallest absolute Gasteiger partial charge is 0.313 e. The number of hydrogen-bond acceptors (Lipinski definition) is 1. The van der Waals surface area contributed by atoms with Gasteiger partial charge in [-0.05, 0) is 13.3 Å². The van der Waals surface area contributed by atoms with Gasteiger partial charge in [-0.25, -0.2) is 0 Å². The van der Waals surface area contributed by atoms with Crippen molar-refractivity contribution < 1.29 is 9.90 Å². The highest BCUT2D eigenvalue weighted by atomic mass is 16.4. The Bertz CT molecular complexity index is 203. The largest absolute Gasteiger partial charge is 0.481 e. The molecule has 0 spiro atoms. The van der Waals surface area contributed by atoms with Gasteiger partial charge in [-0.15, -0.1) is 0 Å². The fourth-order valence-electron chi connectivity index (χ4n) is 0.886. The van der Waals surface area contributed by atoms with Gasteiger partial charge in [0, 0.05) is 0 Å². The van der Waals surface area contributed by atoms with E-state index in [1.807, 2.05) is 12.2 Å². The highest BCUT2D eigenvalue weighted by Gasteiger charge is 2.29. The van der Waals surface area contributed by atoms with Crippen LogP contribution in [-0.4, -0.2) is 11.1 Å². The summed E-state index contributed by atoms with van der Waals surface area (Å²) < 4.78 is 0. The summed E-state index contributed by atoms with van der Waals surface area (Å²) in [5, 5.41) is 8.71. The van der Waals surface area contributed by atoms with E-state index in [1.165, 1.54) is 0 Å². The first-order chi connectivity index (χ1) is 4.65. The molecule has 1 N–H and O–H groups in total. The molecule has 1 rings (SSSR count). The van der Waals surface area contributed by atoms with Crippen LogP contribution >= 0.6 is 0 Å². The van der Waals surface area contributed by atoms with Gasteiger partial charge in [0.2, 0.25) is 0 Å². The summed E-state index contributed by atoms with van der Waals surface area (Å²) >= 11 is 0. The van der Waals surface area contributed by atoms with Gasteiger partial charge in [-0.2, -0.15) is 0 Å². The molecular formula is C8H10O2. The van der Waals surface area contributed by atoms with Crippen molar-refractivity contribution in [3.8, 4) is 0 Å². The number of carboxylic acid groups (broad SMARTS) is 1. The summed E-state index contributed by atoms with van der Waals surface area (Å²) in [6.45, 7) is 1.72. The van der Waals surface area contributed by atoms with Crippen LogP contribution in [0.1, 0.15) is 13.3 Å². The van der Waals surface area contributed by atoms with Crippen molar-refractivity contribution in [1.29, 1.82) is 0 Å². The molecule has 0 saturated heterocycles. The molecule has 0 aromatic rings. The highest BCUT2D eigenvalue weighted by molar-refractivity contribution is 5.77. The molecule has 0 bridgehead atoms. The van der Waals surface area contributed by atoms with Crippen LogP contribution in [0, 0.1) is 5.41 Å². The number of rotatable bonds is 1. The summed E-state index contributed by atoms with van der Waals surface area (Å²) in [5.41, 5.74) is -0.672. The Morgan fingerprint density at radius 3 is 2.60 bits per heavy atom. The molecular weight excluding hydrogens is 128 g/mol. The summed E-state index contributed by atoms with van der Waals surface area (Å²) in [5.74, 6) is -0.756. The lowest BCUT2D eigenvalue weighted by atomic mass is 9.84. The van der Waals surface area contributed by atoms with Gasteiger partial charge in [0.15, 0.2) is 0 Å². The van der Waals surface area contributed by atoms with Crippen molar-refractivity contribution in [3.05, 3.63) is 24.3 Å². The molecule has 0 heterocycles. The average molecular weight is 138 g/mol. The van der Waals surface area contributed by atoms with E-state index in [0.717, 1.165) is 0 Å². The molecule has 2 nitrogen and oxygen atoms in total. The maximum Gasteiger partial charge on any atom is 0.313 e. The first kappa shape index (κ1) is 7.06. The molecule has 0 aromatic carbocycles. The van der Waals surface area contributed by atoms with Crippen LogP contribution in [0.25, 0.3) is 0 Å². The molecule has 0 amide bonds. The van der Waals surface area contributed by atoms with Crippen LogP contribution in [0.2, 0.25) is 0 Å². The van der Waals surface area contributed by atoms with E-state index in [9.17, 15) is 4.79 Å². The van der Waals surface area contributed by atoms with Crippen LogP contribution in [0.3, 0.4) is 0 Å². The summed E-state index contributed by atoms with van der Waals surface area (Å²) in [4.78, 5) is 10.6. The van der Waals surface area contributed by atoms with Crippen molar-refractivity contribution >= 4 is 5.97 Å². The Labute approximate surface area is 59.9 Å². The van der Waals surface area contributed by atoms with E-state index >= 15 is 0 Å². The third-order valence-electron chi connectivity index (χ3n) is 1.74. The summed E-state index contributed by atoms with van der Waals surface area (Å²) in [6, 6.07) is 0. The normalized spacial score (nSPS) is 30.5. The van der Waals surface area contributed by atoms with Crippen molar-refractivity contribution in [2.45, 2.75) is 13.3 Å². The van der Waals surface area contributed by atoms with Crippen LogP contribution in [-0.2, 0) is 4.79 Å². The second kappa shape index (κ2) is 2.29. The van der Waals surface area contributed by atoms with Gasteiger partial charge in [-0.3, -0.25) is 4.79 Å². The van der Waals surface area contributed by atoms with Crippen molar-refractivity contribution in [3.63, 3.8) is 0 Å². The standard InChI is InChI=1S/C8H10O2/c1-8(7(9)10)5-3-2-4-6-8/h2-5H,6H2,1H3,(H,9,10). The van der Waals surface area contributed by atoms with Crippen molar-refractivity contribution in [2.24, 2.45) is 5.41 Å². The molecule has 1 unspecified atom stereocenters. The van der Waals surface area contributed by atoms with Crippen molar-refractivity contribution in [1.82, 2.24) is 0 Å². The lowest BCUT2D eigenvalue weighted by molar-refractivity contribution is -0.145. The highest BCUT2D eigenvalue weighted by Crippen LogP contribution is 2.26. The van der Waals surface area contributed by atoms with E-state index in [0.29, 0.717) is 6.42 Å². The third kappa shape index (κ3) is 1.10. The Balaban J connectivity index is 2.80. The monoisotopic (exact) mass is 138 g/mol. The molecule has 54 valence electrons. The van der Waals surface area contributed by atoms with Gasteiger partial charge in [0.1, 0.15) is 0 Å². The Morgan fingerprint density at radius 1 is 1.60 bits per heavy atom. The minimum atomic E-state index is -0.756. The Morgan fingerprint density at radius 2 is 2.30 bits per heavy atom. The van der Waals surface area contributed by atoms with Crippen LogP contribution in [0.15, 0.2) is 24.3 Å². The second-order valence-electron chi connectivity index (χ2n) is 2.71. The van der Waals surface area contributed by atoms with Crippen molar-refractivity contribution in [2.75, 3.05) is 0 Å². The maximum absolute atomic E-state index is 10.6. The van der Waals surface area contributed by atoms with Gasteiger partial charge >= 0.3 is 5.97 Å². The molecule has 0 fully saturated rings. The van der Waals surface area contributed by atoms with E-state index in [-0.39, 0.29) is 0 Å². The van der Waals surface area contributed by atoms with E-state index in [2.05, 4.69) is 0 Å². The minimum absolute atomic E-state index is 0.596. The molecule has 1 aliphatic carbocycles. The second-order valence-corrected chi connectivity index (χ2v) is 2.71. The van der Waals surface area contributed by atoms with Crippen LogP contribution in [0.5, 0.6) is 0 Å². The van der Waals surface area contributed by atoms with Gasteiger partial charge < -0.3 is 5.11 Å². The van der Waals surface area contributed by atoms with Gasteiger partial charge in [0.05, 0.1) is 5.41 Å². The zero-order valence-corrected chi connectivity index (χ0v) is 5.87. The average Bonchev–Trinajstić information content (AvgIpc) is 1.89. The fraction of sp³-hybridized carbons (Fsp3) is 0.375. The molecule has 0 aliphatic heterocycles. The third-order valence-corrected chi connectivity index (χ3v) is 1.74. The predicted octanol–water partition coefficient (Wildman–Crippen LogP) is 1.59. The number of allylic oxidation sites excluding steroid dienone is 3. The molecule has 0 radical (unpaired) electrons. The lowest BCUT2D eigenvalue weighted by Gasteiger charge is -2.20. The first-order valence-electron chi connectivity index (χ1n) is 3.23.